The molecule has 1 atom stereocenters. The Labute approximate surface area is 140 Å². The molecule has 0 aromatic carbocycles. The lowest BCUT2D eigenvalue weighted by Crippen LogP contribution is -1.98. The number of aliphatic hydroxyl groups excluding tert-OH is 1. The summed E-state index contributed by atoms with van der Waals surface area (Å²) in [7, 11) is 0. The summed E-state index contributed by atoms with van der Waals surface area (Å²) in [5.41, 5.74) is 0. The minimum Gasteiger partial charge on any atom is -0.481 e. The molecule has 3 heteroatoms. The zero-order chi connectivity index (χ0) is 17.2. The van der Waals surface area contributed by atoms with Crippen LogP contribution in [0.25, 0.3) is 0 Å². The maximum absolute atomic E-state index is 10.3. The maximum Gasteiger partial charge on any atom is 0.303 e. The molecule has 128 valence electrons. The second-order valence-corrected chi connectivity index (χ2v) is 5.20. The number of hydrogen-bond donors (Lipinski definition) is 2. The van der Waals surface area contributed by atoms with E-state index < -0.39 is 12.1 Å². The molecule has 0 radical (unpaired) electrons. The van der Waals surface area contributed by atoms with Gasteiger partial charge in [-0.15, -0.1) is 0 Å². The van der Waals surface area contributed by atoms with Crippen LogP contribution in [0.5, 0.6) is 0 Å². The largest absolute Gasteiger partial charge is 0.481 e. The Hall–Kier alpha value is -1.87. The first-order chi connectivity index (χ1) is 11.2. The Bertz CT molecular complexity index is 428. The molecule has 1 unspecified atom stereocenters. The molecule has 0 fully saturated rings. The van der Waals surface area contributed by atoms with Crippen LogP contribution in [0.4, 0.5) is 0 Å². The molecule has 2 N–H and O–H groups in total. The van der Waals surface area contributed by atoms with Gasteiger partial charge in [-0.3, -0.25) is 4.79 Å². The van der Waals surface area contributed by atoms with Gasteiger partial charge in [0.25, 0.3) is 0 Å². The molecule has 0 saturated heterocycles. The van der Waals surface area contributed by atoms with E-state index in [-0.39, 0.29) is 6.42 Å². The van der Waals surface area contributed by atoms with E-state index in [1.807, 2.05) is 30.4 Å². The molecule has 0 spiro atoms. The summed E-state index contributed by atoms with van der Waals surface area (Å²) in [4.78, 5) is 10.3. The van der Waals surface area contributed by atoms with Crippen LogP contribution in [0.1, 0.15) is 51.9 Å². The molecule has 0 amide bonds. The van der Waals surface area contributed by atoms with E-state index in [1.54, 1.807) is 6.08 Å². The summed E-state index contributed by atoms with van der Waals surface area (Å²) in [5.74, 6) is -0.732. The molecule has 0 saturated carbocycles. The van der Waals surface area contributed by atoms with Crippen LogP contribution in [0.3, 0.4) is 0 Å². The number of carboxylic acid groups (broad SMARTS) is 1. The first-order valence-electron chi connectivity index (χ1n) is 8.35. The summed E-state index contributed by atoms with van der Waals surface area (Å²) in [5, 5.41) is 18.1. The van der Waals surface area contributed by atoms with Crippen molar-refractivity contribution in [2.24, 2.45) is 0 Å². The number of unbranched alkanes of at least 4 members (excludes halogenated alkanes) is 1. The van der Waals surface area contributed by atoms with E-state index >= 15 is 0 Å². The molecule has 0 aromatic heterocycles. The quantitative estimate of drug-likeness (QED) is 0.286. The zero-order valence-electron chi connectivity index (χ0n) is 14.1. The highest BCUT2D eigenvalue weighted by Gasteiger charge is 1.93. The number of allylic oxidation sites excluding steroid dienone is 8. The minimum absolute atomic E-state index is 0.238. The normalized spacial score (nSPS) is 14.2. The summed E-state index contributed by atoms with van der Waals surface area (Å²) >= 11 is 0. The lowest BCUT2D eigenvalue weighted by Gasteiger charge is -1.98. The number of carboxylic acids is 1. The van der Waals surface area contributed by atoms with Gasteiger partial charge in [-0.25, -0.2) is 0 Å². The Morgan fingerprint density at radius 3 is 2.35 bits per heavy atom. The second-order valence-electron chi connectivity index (χ2n) is 5.20. The number of aliphatic hydroxyl groups is 1. The number of carbonyl (C=O) groups is 1. The summed E-state index contributed by atoms with van der Waals surface area (Å²) < 4.78 is 0. The lowest BCUT2D eigenvalue weighted by atomic mass is 10.2. The van der Waals surface area contributed by atoms with Crippen molar-refractivity contribution >= 4 is 5.97 Å². The van der Waals surface area contributed by atoms with Crippen molar-refractivity contribution < 1.29 is 15.0 Å². The first-order valence-corrected chi connectivity index (χ1v) is 8.35. The fourth-order valence-corrected chi connectivity index (χ4v) is 1.77. The van der Waals surface area contributed by atoms with Crippen LogP contribution in [-0.2, 0) is 4.79 Å². The maximum atomic E-state index is 10.3. The lowest BCUT2D eigenvalue weighted by molar-refractivity contribution is -0.137. The van der Waals surface area contributed by atoms with Crippen molar-refractivity contribution in [1.82, 2.24) is 0 Å². The Kier molecular flexibility index (Phi) is 15.2. The van der Waals surface area contributed by atoms with Crippen molar-refractivity contribution in [2.75, 3.05) is 0 Å². The van der Waals surface area contributed by atoms with E-state index in [0.29, 0.717) is 12.8 Å². The molecule has 0 heterocycles. The van der Waals surface area contributed by atoms with E-state index in [1.165, 1.54) is 0 Å². The SMILES string of the molecule is CCC=CCC(O)C=CC=CCC=CCC=CCCCC(=O)O. The fourth-order valence-electron chi connectivity index (χ4n) is 1.77. The predicted molar refractivity (Wildman–Crippen MR) is 97.3 cm³/mol. The smallest absolute Gasteiger partial charge is 0.303 e. The Balaban J connectivity index is 3.63. The van der Waals surface area contributed by atoms with E-state index in [0.717, 1.165) is 25.7 Å². The predicted octanol–water partition coefficient (Wildman–Crippen LogP) is 4.96. The Morgan fingerprint density at radius 2 is 1.65 bits per heavy atom. The summed E-state index contributed by atoms with van der Waals surface area (Å²) in [6.07, 6.45) is 24.7. The molecule has 3 nitrogen and oxygen atoms in total. The van der Waals surface area contributed by atoms with Crippen LogP contribution < -0.4 is 0 Å². The summed E-state index contributed by atoms with van der Waals surface area (Å²) in [6.45, 7) is 2.07. The summed E-state index contributed by atoms with van der Waals surface area (Å²) in [6, 6.07) is 0. The molecule has 0 aliphatic carbocycles. The van der Waals surface area contributed by atoms with Gasteiger partial charge in [0.2, 0.25) is 0 Å². The van der Waals surface area contributed by atoms with Gasteiger partial charge < -0.3 is 10.2 Å². The standard InChI is InChI=1S/C20H30O3/c1-2-3-13-16-19(21)17-14-11-9-7-5-4-6-8-10-12-15-18-20(22)23/h3-5,8-11,13-14,17,19,21H,2,6-7,12,15-16,18H2,1H3,(H,22,23). The molecule has 23 heavy (non-hydrogen) atoms. The van der Waals surface area contributed by atoms with Crippen molar-refractivity contribution in [2.45, 2.75) is 58.0 Å². The molecular formula is C20H30O3. The average Bonchev–Trinajstić information content (AvgIpc) is 2.51. The molecular weight excluding hydrogens is 288 g/mol. The van der Waals surface area contributed by atoms with Gasteiger partial charge in [-0.2, -0.15) is 0 Å². The van der Waals surface area contributed by atoms with Crippen LogP contribution in [-0.4, -0.2) is 22.3 Å². The first kappa shape index (κ1) is 21.1. The molecule has 0 aliphatic rings. The Morgan fingerprint density at radius 1 is 0.957 bits per heavy atom. The second kappa shape index (κ2) is 16.5. The molecule has 0 rings (SSSR count). The van der Waals surface area contributed by atoms with Crippen molar-refractivity contribution in [1.29, 1.82) is 0 Å². The average molecular weight is 318 g/mol. The van der Waals surface area contributed by atoms with Gasteiger partial charge in [0.15, 0.2) is 0 Å². The fraction of sp³-hybridized carbons (Fsp3) is 0.450. The van der Waals surface area contributed by atoms with Crippen LogP contribution in [0, 0.1) is 0 Å². The molecule has 0 aliphatic heterocycles. The van der Waals surface area contributed by atoms with Gasteiger partial charge in [0.1, 0.15) is 0 Å². The number of hydrogen-bond acceptors (Lipinski definition) is 2. The van der Waals surface area contributed by atoms with Crippen molar-refractivity contribution in [3.8, 4) is 0 Å². The van der Waals surface area contributed by atoms with Gasteiger partial charge in [0.05, 0.1) is 6.10 Å². The molecule has 0 aromatic rings. The third-order valence-electron chi connectivity index (χ3n) is 3.00. The monoisotopic (exact) mass is 318 g/mol. The van der Waals surface area contributed by atoms with Gasteiger partial charge in [-0.05, 0) is 38.5 Å². The third-order valence-corrected chi connectivity index (χ3v) is 3.00. The van der Waals surface area contributed by atoms with Gasteiger partial charge in [0, 0.05) is 6.42 Å². The minimum atomic E-state index is -0.732. The van der Waals surface area contributed by atoms with Crippen molar-refractivity contribution in [3.63, 3.8) is 0 Å². The van der Waals surface area contributed by atoms with E-state index in [2.05, 4.69) is 31.2 Å². The van der Waals surface area contributed by atoms with E-state index in [4.69, 9.17) is 5.11 Å². The highest BCUT2D eigenvalue weighted by Crippen LogP contribution is 1.99. The zero-order valence-corrected chi connectivity index (χ0v) is 14.1. The van der Waals surface area contributed by atoms with Crippen LogP contribution >= 0.6 is 0 Å². The van der Waals surface area contributed by atoms with Gasteiger partial charge in [-0.1, -0.05) is 67.7 Å². The third kappa shape index (κ3) is 18.1. The topological polar surface area (TPSA) is 57.5 Å². The molecule has 0 bridgehead atoms. The van der Waals surface area contributed by atoms with Crippen LogP contribution in [0.2, 0.25) is 0 Å². The van der Waals surface area contributed by atoms with Crippen LogP contribution in [0.15, 0.2) is 60.8 Å². The highest BCUT2D eigenvalue weighted by molar-refractivity contribution is 5.66. The highest BCUT2D eigenvalue weighted by atomic mass is 16.4. The van der Waals surface area contributed by atoms with E-state index in [9.17, 15) is 9.90 Å². The number of rotatable bonds is 13. The number of aliphatic carboxylic acids is 1. The van der Waals surface area contributed by atoms with Gasteiger partial charge >= 0.3 is 5.97 Å². The van der Waals surface area contributed by atoms with Crippen molar-refractivity contribution in [3.05, 3.63) is 60.8 Å².